The molecule has 0 radical (unpaired) electrons. The molecule has 0 unspecified atom stereocenters. The Labute approximate surface area is 118 Å². The van der Waals surface area contributed by atoms with Crippen LogP contribution in [0.15, 0.2) is 36.4 Å². The number of hydrogen-bond donors (Lipinski definition) is 4. The molecule has 0 amide bonds. The Bertz CT molecular complexity index is 701. The molecule has 21 heavy (non-hydrogen) atoms. The van der Waals surface area contributed by atoms with Gasteiger partial charge in [0.2, 0.25) is 0 Å². The summed E-state index contributed by atoms with van der Waals surface area (Å²) in [5, 5.41) is 37.6. The fraction of sp³-hybridized carbons (Fsp3) is 0. The van der Waals surface area contributed by atoms with Gasteiger partial charge in [-0.05, 0) is 24.3 Å². The molecule has 2 aromatic carbocycles. The molecule has 0 atom stereocenters. The molecule has 0 aliphatic rings. The van der Waals surface area contributed by atoms with Crippen LogP contribution in [0.5, 0.6) is 23.0 Å². The number of rotatable bonds is 3. The van der Waals surface area contributed by atoms with Gasteiger partial charge in [0.05, 0.1) is 0 Å². The Morgan fingerprint density at radius 1 is 0.810 bits per heavy atom. The SMILES string of the molecule is O=C(Oc1cccc(O)c1C(=O)O)c1c(O)cccc1O. The molecule has 0 fully saturated rings. The smallest absolute Gasteiger partial charge is 0.351 e. The molecule has 2 rings (SSSR count). The minimum absolute atomic E-state index is 0.407. The van der Waals surface area contributed by atoms with Crippen LogP contribution in [0, 0.1) is 0 Å². The molecular formula is C14H10O7. The molecule has 0 aliphatic carbocycles. The van der Waals surface area contributed by atoms with Gasteiger partial charge in [0.15, 0.2) is 0 Å². The van der Waals surface area contributed by atoms with E-state index in [1.54, 1.807) is 0 Å². The van der Waals surface area contributed by atoms with E-state index in [1.165, 1.54) is 12.1 Å². The third kappa shape index (κ3) is 2.71. The summed E-state index contributed by atoms with van der Waals surface area (Å²) in [6.07, 6.45) is 0. The highest BCUT2D eigenvalue weighted by atomic mass is 16.5. The zero-order chi connectivity index (χ0) is 15.6. The van der Waals surface area contributed by atoms with Gasteiger partial charge in [0.1, 0.15) is 34.1 Å². The third-order valence-electron chi connectivity index (χ3n) is 2.65. The highest BCUT2D eigenvalue weighted by molar-refractivity contribution is 5.99. The van der Waals surface area contributed by atoms with Crippen molar-refractivity contribution < 1.29 is 34.8 Å². The number of ether oxygens (including phenoxy) is 1. The first kappa shape index (κ1) is 14.2. The molecular weight excluding hydrogens is 280 g/mol. The van der Waals surface area contributed by atoms with E-state index in [9.17, 15) is 24.9 Å². The molecule has 0 heterocycles. The zero-order valence-electron chi connectivity index (χ0n) is 10.5. The van der Waals surface area contributed by atoms with Crippen molar-refractivity contribution in [2.24, 2.45) is 0 Å². The summed E-state index contributed by atoms with van der Waals surface area (Å²) in [6.45, 7) is 0. The predicted molar refractivity (Wildman–Crippen MR) is 69.8 cm³/mol. The number of hydrogen-bond acceptors (Lipinski definition) is 6. The summed E-state index contributed by atoms with van der Waals surface area (Å²) < 4.78 is 4.84. The van der Waals surface area contributed by atoms with E-state index in [1.807, 2.05) is 0 Å². The minimum Gasteiger partial charge on any atom is -0.507 e. The van der Waals surface area contributed by atoms with E-state index in [0.717, 1.165) is 24.3 Å². The Morgan fingerprint density at radius 2 is 1.29 bits per heavy atom. The standard InChI is InChI=1S/C14H10O7/c15-7-3-1-4-8(16)11(7)14(20)21-10-6-2-5-9(17)12(10)13(18)19/h1-6,15-17H,(H,18,19). The van der Waals surface area contributed by atoms with Crippen LogP contribution in [0.25, 0.3) is 0 Å². The second-order valence-electron chi connectivity index (χ2n) is 4.02. The van der Waals surface area contributed by atoms with E-state index in [-0.39, 0.29) is 0 Å². The average Bonchev–Trinajstić information content (AvgIpc) is 2.37. The predicted octanol–water partition coefficient (Wildman–Crippen LogP) is 1.72. The summed E-state index contributed by atoms with van der Waals surface area (Å²) in [5.41, 5.74) is -1.10. The Balaban J connectivity index is 2.42. The maximum Gasteiger partial charge on any atom is 0.351 e. The van der Waals surface area contributed by atoms with Gasteiger partial charge in [0, 0.05) is 0 Å². The van der Waals surface area contributed by atoms with Crippen LogP contribution in [0.3, 0.4) is 0 Å². The van der Waals surface area contributed by atoms with Crippen LogP contribution in [-0.2, 0) is 0 Å². The maximum atomic E-state index is 11.9. The van der Waals surface area contributed by atoms with Gasteiger partial charge in [-0.2, -0.15) is 0 Å². The van der Waals surface area contributed by atoms with Gasteiger partial charge < -0.3 is 25.2 Å². The normalized spacial score (nSPS) is 10.1. The van der Waals surface area contributed by atoms with Crippen LogP contribution in [-0.4, -0.2) is 32.4 Å². The summed E-state index contributed by atoms with van der Waals surface area (Å²) in [7, 11) is 0. The molecule has 7 nitrogen and oxygen atoms in total. The molecule has 0 saturated carbocycles. The summed E-state index contributed by atoms with van der Waals surface area (Å²) >= 11 is 0. The lowest BCUT2D eigenvalue weighted by Gasteiger charge is -2.10. The van der Waals surface area contributed by atoms with Crippen LogP contribution >= 0.6 is 0 Å². The third-order valence-corrected chi connectivity index (χ3v) is 2.65. The molecule has 0 bridgehead atoms. The van der Waals surface area contributed by atoms with Crippen LogP contribution in [0.2, 0.25) is 0 Å². The van der Waals surface area contributed by atoms with E-state index in [4.69, 9.17) is 9.84 Å². The van der Waals surface area contributed by atoms with Crippen molar-refractivity contribution >= 4 is 11.9 Å². The number of carbonyl (C=O) groups excluding carboxylic acids is 1. The lowest BCUT2D eigenvalue weighted by molar-refractivity contribution is 0.0677. The van der Waals surface area contributed by atoms with Crippen molar-refractivity contribution in [1.82, 2.24) is 0 Å². The second-order valence-corrected chi connectivity index (χ2v) is 4.02. The second kappa shape index (κ2) is 5.41. The Hall–Kier alpha value is -3.22. The van der Waals surface area contributed by atoms with Crippen molar-refractivity contribution in [3.8, 4) is 23.0 Å². The van der Waals surface area contributed by atoms with E-state index in [2.05, 4.69) is 0 Å². The summed E-state index contributed by atoms with van der Waals surface area (Å²) in [6, 6.07) is 7.22. The summed E-state index contributed by atoms with van der Waals surface area (Å²) in [5.74, 6) is -4.66. The Morgan fingerprint density at radius 3 is 1.81 bits per heavy atom. The average molecular weight is 290 g/mol. The number of benzene rings is 2. The number of carbonyl (C=O) groups is 2. The molecule has 4 N–H and O–H groups in total. The van der Waals surface area contributed by atoms with Crippen LogP contribution in [0.4, 0.5) is 0 Å². The molecule has 0 spiro atoms. The van der Waals surface area contributed by atoms with Gasteiger partial charge >= 0.3 is 11.9 Å². The van der Waals surface area contributed by atoms with Gasteiger partial charge in [-0.1, -0.05) is 12.1 Å². The van der Waals surface area contributed by atoms with Crippen molar-refractivity contribution in [2.45, 2.75) is 0 Å². The fourth-order valence-electron chi connectivity index (χ4n) is 1.71. The van der Waals surface area contributed by atoms with E-state index < -0.39 is 46.1 Å². The fourth-order valence-corrected chi connectivity index (χ4v) is 1.71. The zero-order valence-corrected chi connectivity index (χ0v) is 10.5. The number of phenols is 3. The summed E-state index contributed by atoms with van der Waals surface area (Å²) in [4.78, 5) is 23.0. The van der Waals surface area contributed by atoms with Gasteiger partial charge in [-0.25, -0.2) is 9.59 Å². The van der Waals surface area contributed by atoms with Crippen LogP contribution in [0.1, 0.15) is 20.7 Å². The molecule has 0 aliphatic heterocycles. The van der Waals surface area contributed by atoms with Crippen LogP contribution < -0.4 is 4.74 Å². The molecule has 2 aromatic rings. The lowest BCUT2D eigenvalue weighted by atomic mass is 10.1. The van der Waals surface area contributed by atoms with E-state index in [0.29, 0.717) is 0 Å². The topological polar surface area (TPSA) is 124 Å². The molecule has 0 saturated heterocycles. The van der Waals surface area contributed by atoms with Crippen molar-refractivity contribution in [3.05, 3.63) is 47.5 Å². The van der Waals surface area contributed by atoms with Crippen molar-refractivity contribution in [1.29, 1.82) is 0 Å². The van der Waals surface area contributed by atoms with Gasteiger partial charge in [-0.15, -0.1) is 0 Å². The number of aromatic hydroxyl groups is 3. The number of phenolic OH excluding ortho intramolecular Hbond substituents is 2. The van der Waals surface area contributed by atoms with Gasteiger partial charge in [-0.3, -0.25) is 0 Å². The lowest BCUT2D eigenvalue weighted by Crippen LogP contribution is -2.12. The number of esters is 1. The first-order valence-electron chi connectivity index (χ1n) is 5.70. The molecule has 108 valence electrons. The van der Waals surface area contributed by atoms with Crippen molar-refractivity contribution in [2.75, 3.05) is 0 Å². The highest BCUT2D eigenvalue weighted by Gasteiger charge is 2.23. The maximum absolute atomic E-state index is 11.9. The largest absolute Gasteiger partial charge is 0.507 e. The highest BCUT2D eigenvalue weighted by Crippen LogP contribution is 2.31. The molecule has 0 aromatic heterocycles. The van der Waals surface area contributed by atoms with Crippen molar-refractivity contribution in [3.63, 3.8) is 0 Å². The number of aromatic carboxylic acids is 1. The number of carboxylic acid groups (broad SMARTS) is 1. The van der Waals surface area contributed by atoms with Gasteiger partial charge in [0.25, 0.3) is 0 Å². The van der Waals surface area contributed by atoms with E-state index >= 15 is 0 Å². The first-order chi connectivity index (χ1) is 9.91. The number of carboxylic acids is 1. The first-order valence-corrected chi connectivity index (χ1v) is 5.70. The quantitative estimate of drug-likeness (QED) is 0.501. The minimum atomic E-state index is -1.49. The monoisotopic (exact) mass is 290 g/mol. The molecule has 7 heteroatoms. The Kier molecular flexibility index (Phi) is 3.66.